The molecule has 144 valence electrons. The average Bonchev–Trinajstić information content (AvgIpc) is 3.06. The predicted molar refractivity (Wildman–Crippen MR) is 103 cm³/mol. The third-order valence-electron chi connectivity index (χ3n) is 5.53. The van der Waals surface area contributed by atoms with Crippen LogP contribution in [0, 0.1) is 5.92 Å². The maximum absolute atomic E-state index is 12.8. The molecule has 1 aromatic heterocycles. The number of rotatable bonds is 5. The highest BCUT2D eigenvalue weighted by Gasteiger charge is 2.36. The Labute approximate surface area is 163 Å². The molecule has 0 saturated carbocycles. The normalized spacial score (nSPS) is 25.4. The molecular formula is C18H26ClN3O3S. The lowest BCUT2D eigenvalue weighted by atomic mass is 9.86. The molecular weight excluding hydrogens is 374 g/mol. The smallest absolute Gasteiger partial charge is 0.303 e. The minimum atomic E-state index is -0.771. The molecule has 2 aliphatic heterocycles. The summed E-state index contributed by atoms with van der Waals surface area (Å²) in [6, 6.07) is 2.10. The molecule has 8 heteroatoms. The van der Waals surface area contributed by atoms with Crippen molar-refractivity contribution < 1.29 is 14.7 Å². The van der Waals surface area contributed by atoms with Gasteiger partial charge in [0.15, 0.2) is 0 Å². The number of halogens is 1. The number of carbonyl (C=O) groups is 2. The molecule has 0 spiro atoms. The Morgan fingerprint density at radius 3 is 2.62 bits per heavy atom. The monoisotopic (exact) mass is 399 g/mol. The van der Waals surface area contributed by atoms with Gasteiger partial charge in [0.2, 0.25) is 0 Å². The molecule has 1 aromatic rings. The fourth-order valence-corrected chi connectivity index (χ4v) is 5.12. The van der Waals surface area contributed by atoms with Crippen LogP contribution in [0.2, 0.25) is 5.02 Å². The first-order chi connectivity index (χ1) is 12.5. The number of nitrogens with zero attached hydrogens (tertiary/aromatic N) is 3. The van der Waals surface area contributed by atoms with Gasteiger partial charge in [0.25, 0.3) is 5.91 Å². The zero-order valence-electron chi connectivity index (χ0n) is 15.1. The van der Waals surface area contributed by atoms with Crippen LogP contribution >= 0.6 is 22.9 Å². The van der Waals surface area contributed by atoms with Crippen molar-refractivity contribution in [2.24, 2.45) is 5.92 Å². The number of carboxylic acid groups (broad SMARTS) is 1. The Bertz CT molecular complexity index is 645. The van der Waals surface area contributed by atoms with Gasteiger partial charge in [-0.15, -0.1) is 11.3 Å². The lowest BCUT2D eigenvalue weighted by Gasteiger charge is -2.46. The predicted octanol–water partition coefficient (Wildman–Crippen LogP) is 2.34. The molecule has 0 aliphatic carbocycles. The Kier molecular flexibility index (Phi) is 6.55. The van der Waals surface area contributed by atoms with Crippen LogP contribution in [-0.4, -0.2) is 84.0 Å². The largest absolute Gasteiger partial charge is 0.481 e. The number of hydrogen-bond acceptors (Lipinski definition) is 5. The molecule has 2 saturated heterocycles. The van der Waals surface area contributed by atoms with Gasteiger partial charge in [-0.1, -0.05) is 11.6 Å². The maximum atomic E-state index is 12.8. The summed E-state index contributed by atoms with van der Waals surface area (Å²) in [5.41, 5.74) is 0. The minimum absolute atomic E-state index is 0.0258. The van der Waals surface area contributed by atoms with Crippen molar-refractivity contribution in [3.05, 3.63) is 21.3 Å². The SMILES string of the molecule is CN1CCN([C@@H]2CCN(C(=O)c3sccc3Cl)C[C@@H]2CCC(=O)O)CC1. The van der Waals surface area contributed by atoms with Crippen molar-refractivity contribution in [3.63, 3.8) is 0 Å². The first kappa shape index (κ1) is 19.6. The molecule has 3 rings (SSSR count). The van der Waals surface area contributed by atoms with Gasteiger partial charge in [-0.05, 0) is 37.3 Å². The van der Waals surface area contributed by atoms with E-state index in [1.807, 2.05) is 10.3 Å². The lowest BCUT2D eigenvalue weighted by molar-refractivity contribution is -0.137. The van der Waals surface area contributed by atoms with Crippen LogP contribution in [0.3, 0.4) is 0 Å². The van der Waals surface area contributed by atoms with Crippen LogP contribution in [-0.2, 0) is 4.79 Å². The van der Waals surface area contributed by atoms with Crippen molar-refractivity contribution in [2.45, 2.75) is 25.3 Å². The van der Waals surface area contributed by atoms with Gasteiger partial charge in [-0.25, -0.2) is 0 Å². The van der Waals surface area contributed by atoms with Gasteiger partial charge in [0.1, 0.15) is 4.88 Å². The molecule has 0 bridgehead atoms. The second-order valence-corrected chi connectivity index (χ2v) is 8.56. The van der Waals surface area contributed by atoms with Crippen LogP contribution in [0.1, 0.15) is 28.9 Å². The number of hydrogen-bond donors (Lipinski definition) is 1. The first-order valence-corrected chi connectivity index (χ1v) is 10.4. The summed E-state index contributed by atoms with van der Waals surface area (Å²) in [4.78, 5) is 31.2. The summed E-state index contributed by atoms with van der Waals surface area (Å²) in [5.74, 6) is -0.611. The molecule has 2 aliphatic rings. The number of likely N-dealkylation sites (tertiary alicyclic amines) is 1. The van der Waals surface area contributed by atoms with E-state index in [1.165, 1.54) is 11.3 Å². The number of piperidine rings is 1. The Morgan fingerprint density at radius 1 is 1.27 bits per heavy atom. The van der Waals surface area contributed by atoms with Gasteiger partial charge in [-0.3, -0.25) is 14.5 Å². The fraction of sp³-hybridized carbons (Fsp3) is 0.667. The van der Waals surface area contributed by atoms with E-state index in [0.29, 0.717) is 35.5 Å². The number of piperazine rings is 1. The number of carbonyl (C=O) groups excluding carboxylic acids is 1. The molecule has 2 atom stereocenters. The molecule has 0 aromatic carbocycles. The van der Waals surface area contributed by atoms with Crippen molar-refractivity contribution in [1.29, 1.82) is 0 Å². The topological polar surface area (TPSA) is 64.1 Å². The highest BCUT2D eigenvalue weighted by atomic mass is 35.5. The maximum Gasteiger partial charge on any atom is 0.303 e. The summed E-state index contributed by atoms with van der Waals surface area (Å²) in [5, 5.41) is 11.5. The van der Waals surface area contributed by atoms with Gasteiger partial charge < -0.3 is 14.9 Å². The highest BCUT2D eigenvalue weighted by Crippen LogP contribution is 2.30. The third kappa shape index (κ3) is 4.57. The van der Waals surface area contributed by atoms with Crippen molar-refractivity contribution >= 4 is 34.8 Å². The number of aliphatic carboxylic acids is 1. The summed E-state index contributed by atoms with van der Waals surface area (Å²) in [7, 11) is 2.13. The zero-order chi connectivity index (χ0) is 18.7. The van der Waals surface area contributed by atoms with Crippen LogP contribution < -0.4 is 0 Å². The van der Waals surface area contributed by atoms with E-state index in [4.69, 9.17) is 16.7 Å². The van der Waals surface area contributed by atoms with Crippen LogP contribution in [0.15, 0.2) is 11.4 Å². The minimum Gasteiger partial charge on any atom is -0.481 e. The molecule has 1 N–H and O–H groups in total. The molecule has 1 amide bonds. The average molecular weight is 400 g/mol. The van der Waals surface area contributed by atoms with Crippen LogP contribution in [0.25, 0.3) is 0 Å². The third-order valence-corrected chi connectivity index (χ3v) is 6.86. The second kappa shape index (κ2) is 8.69. The van der Waals surface area contributed by atoms with Crippen molar-refractivity contribution in [2.75, 3.05) is 46.3 Å². The van der Waals surface area contributed by atoms with Crippen molar-refractivity contribution in [3.8, 4) is 0 Å². The van der Waals surface area contributed by atoms with E-state index in [9.17, 15) is 9.59 Å². The summed E-state index contributed by atoms with van der Waals surface area (Å²) >= 11 is 7.50. The van der Waals surface area contributed by atoms with Crippen LogP contribution in [0.4, 0.5) is 0 Å². The Morgan fingerprint density at radius 2 is 2.00 bits per heavy atom. The summed E-state index contributed by atoms with van der Waals surface area (Å²) < 4.78 is 0. The molecule has 26 heavy (non-hydrogen) atoms. The zero-order valence-corrected chi connectivity index (χ0v) is 16.6. The van der Waals surface area contributed by atoms with E-state index in [-0.39, 0.29) is 18.2 Å². The van der Waals surface area contributed by atoms with Gasteiger partial charge >= 0.3 is 5.97 Å². The number of carboxylic acids is 1. The molecule has 0 radical (unpaired) electrons. The number of amides is 1. The number of thiophene rings is 1. The molecule has 3 heterocycles. The standard InChI is InChI=1S/C18H26ClN3O3S/c1-20-7-9-21(10-8-20)15-4-6-22(12-13(15)2-3-16(23)24)18(25)17-14(19)5-11-26-17/h5,11,13,15H,2-4,6-10,12H2,1H3,(H,23,24)/t13-,15+/m0/s1. The van der Waals surface area contributed by atoms with E-state index in [2.05, 4.69) is 16.8 Å². The Balaban J connectivity index is 1.69. The van der Waals surface area contributed by atoms with E-state index < -0.39 is 5.97 Å². The summed E-state index contributed by atoms with van der Waals surface area (Å²) in [6.07, 6.45) is 1.65. The van der Waals surface area contributed by atoms with Crippen LogP contribution in [0.5, 0.6) is 0 Å². The van der Waals surface area contributed by atoms with Gasteiger partial charge in [0, 0.05) is 51.7 Å². The van der Waals surface area contributed by atoms with E-state index in [1.54, 1.807) is 6.07 Å². The second-order valence-electron chi connectivity index (χ2n) is 7.24. The van der Waals surface area contributed by atoms with Gasteiger partial charge in [-0.2, -0.15) is 0 Å². The van der Waals surface area contributed by atoms with Crippen molar-refractivity contribution in [1.82, 2.24) is 14.7 Å². The fourth-order valence-electron chi connectivity index (χ4n) is 4.02. The molecule has 2 fully saturated rings. The highest BCUT2D eigenvalue weighted by molar-refractivity contribution is 7.12. The lowest BCUT2D eigenvalue weighted by Crippen LogP contribution is -2.56. The molecule has 0 unspecified atom stereocenters. The van der Waals surface area contributed by atoms with Gasteiger partial charge in [0.05, 0.1) is 5.02 Å². The Hall–Kier alpha value is -1.15. The quantitative estimate of drug-likeness (QED) is 0.823. The van der Waals surface area contributed by atoms with E-state index in [0.717, 1.165) is 32.6 Å². The first-order valence-electron chi connectivity index (χ1n) is 9.12. The number of likely N-dealkylation sites (N-methyl/N-ethyl adjacent to an activating group) is 1. The summed E-state index contributed by atoms with van der Waals surface area (Å²) in [6.45, 7) is 5.40. The molecule has 6 nitrogen and oxygen atoms in total. The van der Waals surface area contributed by atoms with E-state index >= 15 is 0 Å².